The Morgan fingerprint density at radius 3 is 2.59 bits per heavy atom. The number of aromatic nitrogens is 2. The quantitative estimate of drug-likeness (QED) is 0.404. The van der Waals surface area contributed by atoms with Gasteiger partial charge < -0.3 is 10.0 Å². The molecule has 5 nitrogen and oxygen atoms in total. The van der Waals surface area contributed by atoms with Crippen molar-refractivity contribution in [3.8, 4) is 11.1 Å². The number of hydrogen-bond donors (Lipinski definition) is 1. The molecule has 1 heterocycles. The molecule has 0 aliphatic rings. The van der Waals surface area contributed by atoms with Gasteiger partial charge in [-0.25, -0.2) is 0 Å². The predicted octanol–water partition coefficient (Wildman–Crippen LogP) is 5.46. The van der Waals surface area contributed by atoms with Crippen molar-refractivity contribution in [3.05, 3.63) is 66.4 Å². The van der Waals surface area contributed by atoms with Crippen LogP contribution in [0, 0.1) is 5.41 Å². The van der Waals surface area contributed by atoms with Crippen LogP contribution in [0.25, 0.3) is 32.8 Å². The molecule has 0 amide bonds. The summed E-state index contributed by atoms with van der Waals surface area (Å²) in [4.78, 5) is 13.9. The number of carbonyl (C=O) groups is 1. The first-order valence-corrected chi connectivity index (χ1v) is 11.1. The highest BCUT2D eigenvalue weighted by Gasteiger charge is 2.27. The maximum Gasteiger partial charge on any atom is 0.309 e. The highest BCUT2D eigenvalue weighted by Crippen LogP contribution is 2.34. The van der Waals surface area contributed by atoms with Gasteiger partial charge in [0.25, 0.3) is 0 Å². The molecule has 0 bridgehead atoms. The number of aryl methyl sites for hydroxylation is 1. The number of fused-ring (bicyclic) bond motifs is 2. The van der Waals surface area contributed by atoms with Crippen molar-refractivity contribution >= 4 is 27.6 Å². The molecule has 0 saturated heterocycles. The molecule has 0 aliphatic heterocycles. The van der Waals surface area contributed by atoms with E-state index in [1.807, 2.05) is 16.8 Å². The molecule has 4 rings (SSSR count). The van der Waals surface area contributed by atoms with Gasteiger partial charge in [-0.05, 0) is 80.9 Å². The zero-order valence-corrected chi connectivity index (χ0v) is 19.3. The molecule has 3 aromatic carbocycles. The van der Waals surface area contributed by atoms with E-state index in [4.69, 9.17) is 5.10 Å². The molecule has 0 radical (unpaired) electrons. The van der Waals surface area contributed by atoms with Crippen LogP contribution in [0.4, 0.5) is 0 Å². The first kappa shape index (κ1) is 22.0. The Balaban J connectivity index is 1.73. The molecule has 5 heteroatoms. The monoisotopic (exact) mass is 429 g/mol. The fourth-order valence-corrected chi connectivity index (χ4v) is 4.20. The van der Waals surface area contributed by atoms with E-state index < -0.39 is 11.4 Å². The van der Waals surface area contributed by atoms with Gasteiger partial charge in [0.15, 0.2) is 0 Å². The van der Waals surface area contributed by atoms with E-state index in [1.165, 1.54) is 0 Å². The average molecular weight is 430 g/mol. The van der Waals surface area contributed by atoms with Crippen LogP contribution in [0.2, 0.25) is 0 Å². The molecular weight excluding hydrogens is 398 g/mol. The fourth-order valence-electron chi connectivity index (χ4n) is 4.20. The molecule has 0 fully saturated rings. The summed E-state index contributed by atoms with van der Waals surface area (Å²) in [5.74, 6) is -0.784. The highest BCUT2D eigenvalue weighted by atomic mass is 16.4. The van der Waals surface area contributed by atoms with Gasteiger partial charge in [0.1, 0.15) is 0 Å². The summed E-state index contributed by atoms with van der Waals surface area (Å²) in [5.41, 5.74) is 3.40. The van der Waals surface area contributed by atoms with Crippen molar-refractivity contribution in [1.29, 1.82) is 0 Å². The van der Waals surface area contributed by atoms with Crippen LogP contribution in [0.15, 0.2) is 60.8 Å². The van der Waals surface area contributed by atoms with Crippen LogP contribution in [-0.2, 0) is 17.8 Å². The summed E-state index contributed by atoms with van der Waals surface area (Å²) in [6.07, 6.45) is 3.64. The number of hydrogen-bond acceptors (Lipinski definition) is 3. The van der Waals surface area contributed by atoms with Crippen molar-refractivity contribution < 1.29 is 9.90 Å². The molecule has 0 saturated carbocycles. The second-order valence-electron chi connectivity index (χ2n) is 9.55. The van der Waals surface area contributed by atoms with Crippen molar-refractivity contribution in [2.24, 2.45) is 5.41 Å². The average Bonchev–Trinajstić information content (AvgIpc) is 3.14. The van der Waals surface area contributed by atoms with Gasteiger partial charge in [-0.3, -0.25) is 9.48 Å². The molecule has 0 spiro atoms. The topological polar surface area (TPSA) is 58.4 Å². The SMILES string of the molecule is CN(C)CCCn1cc2ccc(-c3cc(CC(C)(C)C(=O)O)cc4ccccc34)cc2n1. The second kappa shape index (κ2) is 8.75. The molecule has 0 unspecified atom stereocenters. The number of rotatable bonds is 8. The van der Waals surface area contributed by atoms with Crippen molar-refractivity contribution in [1.82, 2.24) is 14.7 Å². The van der Waals surface area contributed by atoms with Crippen LogP contribution in [-0.4, -0.2) is 46.4 Å². The Morgan fingerprint density at radius 2 is 1.84 bits per heavy atom. The zero-order chi connectivity index (χ0) is 22.9. The minimum atomic E-state index is -0.824. The zero-order valence-electron chi connectivity index (χ0n) is 19.3. The lowest BCUT2D eigenvalue weighted by molar-refractivity contribution is -0.146. The smallest absolute Gasteiger partial charge is 0.309 e. The van der Waals surface area contributed by atoms with Crippen LogP contribution in [0.5, 0.6) is 0 Å². The Hall–Kier alpha value is -3.18. The van der Waals surface area contributed by atoms with E-state index in [2.05, 4.69) is 67.7 Å². The Bertz CT molecular complexity index is 1270. The Kier molecular flexibility index (Phi) is 6.02. The van der Waals surface area contributed by atoms with Gasteiger partial charge in [-0.15, -0.1) is 0 Å². The summed E-state index contributed by atoms with van der Waals surface area (Å²) in [6.45, 7) is 5.48. The maximum absolute atomic E-state index is 11.7. The largest absolute Gasteiger partial charge is 0.481 e. The van der Waals surface area contributed by atoms with Gasteiger partial charge in [-0.1, -0.05) is 48.5 Å². The standard InChI is InChI=1S/C27H31N3O2/c1-27(2,26(31)32)17-19-14-20-8-5-6-9-23(20)24(15-19)21-10-11-22-18-30(28-25(22)16-21)13-7-12-29(3)4/h5-6,8-11,14-16,18H,7,12-13,17H2,1-4H3,(H,31,32). The van der Waals surface area contributed by atoms with Gasteiger partial charge >= 0.3 is 5.97 Å². The summed E-state index contributed by atoms with van der Waals surface area (Å²) < 4.78 is 2.03. The van der Waals surface area contributed by atoms with Crippen molar-refractivity contribution in [2.45, 2.75) is 33.2 Å². The fraction of sp³-hybridized carbons (Fsp3) is 0.333. The Morgan fingerprint density at radius 1 is 1.06 bits per heavy atom. The third-order valence-electron chi connectivity index (χ3n) is 6.00. The summed E-state index contributed by atoms with van der Waals surface area (Å²) in [6, 6.07) is 19.0. The van der Waals surface area contributed by atoms with E-state index in [-0.39, 0.29) is 0 Å². The van der Waals surface area contributed by atoms with Gasteiger partial charge in [0.05, 0.1) is 10.9 Å². The van der Waals surface area contributed by atoms with Crippen molar-refractivity contribution in [3.63, 3.8) is 0 Å². The van der Waals surface area contributed by atoms with Crippen LogP contribution in [0.3, 0.4) is 0 Å². The number of benzene rings is 3. The van der Waals surface area contributed by atoms with E-state index in [0.717, 1.165) is 57.9 Å². The van der Waals surface area contributed by atoms with Crippen LogP contribution in [0.1, 0.15) is 25.8 Å². The summed E-state index contributed by atoms with van der Waals surface area (Å²) in [7, 11) is 4.17. The van der Waals surface area contributed by atoms with E-state index in [1.54, 1.807) is 13.8 Å². The molecule has 0 aliphatic carbocycles. The first-order valence-electron chi connectivity index (χ1n) is 11.1. The highest BCUT2D eigenvalue weighted by molar-refractivity contribution is 5.99. The van der Waals surface area contributed by atoms with Gasteiger partial charge in [-0.2, -0.15) is 5.10 Å². The molecule has 1 aromatic heterocycles. The van der Waals surface area contributed by atoms with E-state index in [9.17, 15) is 9.90 Å². The van der Waals surface area contributed by atoms with E-state index >= 15 is 0 Å². The molecular formula is C27H31N3O2. The minimum Gasteiger partial charge on any atom is -0.481 e. The Labute approximate surface area is 189 Å². The third-order valence-corrected chi connectivity index (χ3v) is 6.00. The number of nitrogens with zero attached hydrogens (tertiary/aromatic N) is 3. The lowest BCUT2D eigenvalue weighted by Gasteiger charge is -2.20. The molecule has 1 N–H and O–H groups in total. The maximum atomic E-state index is 11.7. The third kappa shape index (κ3) is 4.68. The van der Waals surface area contributed by atoms with Gasteiger partial charge in [0, 0.05) is 18.1 Å². The normalized spacial score (nSPS) is 12.2. The van der Waals surface area contributed by atoms with Crippen LogP contribution < -0.4 is 0 Å². The molecule has 166 valence electrons. The van der Waals surface area contributed by atoms with Crippen molar-refractivity contribution in [2.75, 3.05) is 20.6 Å². The predicted molar refractivity (Wildman–Crippen MR) is 131 cm³/mol. The number of aliphatic carboxylic acids is 1. The minimum absolute atomic E-state index is 0.475. The molecule has 0 atom stereocenters. The second-order valence-corrected chi connectivity index (χ2v) is 9.55. The molecule has 4 aromatic rings. The summed E-state index contributed by atoms with van der Waals surface area (Å²) in [5, 5.41) is 17.8. The lowest BCUT2D eigenvalue weighted by atomic mass is 9.84. The van der Waals surface area contributed by atoms with Crippen LogP contribution >= 0.6 is 0 Å². The first-order chi connectivity index (χ1) is 15.2. The van der Waals surface area contributed by atoms with E-state index in [0.29, 0.717) is 6.42 Å². The molecule has 32 heavy (non-hydrogen) atoms. The van der Waals surface area contributed by atoms with Gasteiger partial charge in [0.2, 0.25) is 0 Å². The number of carboxylic acids is 1. The summed E-state index contributed by atoms with van der Waals surface area (Å²) >= 11 is 0. The number of carboxylic acid groups (broad SMARTS) is 1. The lowest BCUT2D eigenvalue weighted by Crippen LogP contribution is -2.26.